The second-order valence-corrected chi connectivity index (χ2v) is 4.52. The molecule has 0 spiro atoms. The van der Waals surface area contributed by atoms with Crippen molar-refractivity contribution < 1.29 is 8.42 Å². The summed E-state index contributed by atoms with van der Waals surface area (Å²) in [5.74, 6) is 0. The van der Waals surface area contributed by atoms with Crippen LogP contribution in [-0.4, -0.2) is 44.2 Å². The number of nitriles is 2. The summed E-state index contributed by atoms with van der Waals surface area (Å²) in [5, 5.41) is 16.6. The van der Waals surface area contributed by atoms with Crippen LogP contribution in [-0.2, 0) is 10.2 Å². The quantitative estimate of drug-likeness (QED) is 0.555. The van der Waals surface area contributed by atoms with Gasteiger partial charge >= 0.3 is 0 Å². The van der Waals surface area contributed by atoms with E-state index in [0.717, 1.165) is 8.61 Å². The van der Waals surface area contributed by atoms with E-state index in [1.165, 1.54) is 14.1 Å². The van der Waals surface area contributed by atoms with Gasteiger partial charge in [0.2, 0.25) is 0 Å². The highest BCUT2D eigenvalue weighted by Crippen LogP contribution is 2.02. The Balaban J connectivity index is 4.78. The molecule has 0 aromatic carbocycles. The van der Waals surface area contributed by atoms with Crippen LogP contribution in [0.2, 0.25) is 0 Å². The van der Waals surface area contributed by atoms with E-state index in [9.17, 15) is 8.42 Å². The van der Waals surface area contributed by atoms with Crippen LogP contribution in [0.3, 0.4) is 0 Å². The van der Waals surface area contributed by atoms with Crippen molar-refractivity contribution in [1.82, 2.24) is 8.61 Å². The van der Waals surface area contributed by atoms with Gasteiger partial charge in [0, 0.05) is 14.1 Å². The molecular weight excluding hydrogens is 192 g/mol. The molecule has 0 saturated heterocycles. The molecule has 13 heavy (non-hydrogen) atoms. The Labute approximate surface area is 77.8 Å². The van der Waals surface area contributed by atoms with E-state index in [1.807, 2.05) is 0 Å². The maximum atomic E-state index is 11.4. The molecule has 0 aliphatic rings. The molecule has 0 fully saturated rings. The van der Waals surface area contributed by atoms with Gasteiger partial charge in [-0.3, -0.25) is 0 Å². The summed E-state index contributed by atoms with van der Waals surface area (Å²) in [7, 11) is -0.953. The number of hydrogen-bond donors (Lipinski definition) is 0. The molecule has 0 rings (SSSR count). The van der Waals surface area contributed by atoms with Crippen molar-refractivity contribution in [3.63, 3.8) is 0 Å². The van der Waals surface area contributed by atoms with Gasteiger partial charge in [-0.1, -0.05) is 0 Å². The predicted molar refractivity (Wildman–Crippen MR) is 45.4 cm³/mol. The van der Waals surface area contributed by atoms with Crippen LogP contribution >= 0.6 is 0 Å². The first-order valence-corrected chi connectivity index (χ1v) is 4.78. The number of hydrogen-bond acceptors (Lipinski definition) is 4. The number of nitrogens with zero attached hydrogens (tertiary/aromatic N) is 4. The molecule has 0 aromatic heterocycles. The third kappa shape index (κ3) is 2.99. The lowest BCUT2D eigenvalue weighted by Crippen LogP contribution is -2.40. The molecule has 0 atom stereocenters. The van der Waals surface area contributed by atoms with Crippen LogP contribution in [0.25, 0.3) is 0 Å². The third-order valence-electron chi connectivity index (χ3n) is 1.28. The standard InChI is InChI=1S/C6H10N4O2S/c1-9(2)13(11,12)10(5-3-7)6-4-8/h5-6H2,1-2H3. The van der Waals surface area contributed by atoms with E-state index in [2.05, 4.69) is 0 Å². The third-order valence-corrected chi connectivity index (χ3v) is 3.12. The molecule has 0 amide bonds. The van der Waals surface area contributed by atoms with Crippen molar-refractivity contribution in [2.24, 2.45) is 0 Å². The topological polar surface area (TPSA) is 88.2 Å². The molecule has 0 saturated carbocycles. The molecule has 72 valence electrons. The van der Waals surface area contributed by atoms with Gasteiger partial charge in [0.05, 0.1) is 12.1 Å². The molecule has 0 aromatic rings. The van der Waals surface area contributed by atoms with Crippen molar-refractivity contribution in [3.05, 3.63) is 0 Å². The van der Waals surface area contributed by atoms with Crippen LogP contribution in [0, 0.1) is 22.7 Å². The Morgan fingerprint density at radius 2 is 1.54 bits per heavy atom. The minimum Gasteiger partial charge on any atom is -0.197 e. The molecule has 0 aliphatic carbocycles. The first-order valence-electron chi connectivity index (χ1n) is 3.38. The van der Waals surface area contributed by atoms with Crippen molar-refractivity contribution >= 4 is 10.2 Å². The summed E-state index contributed by atoms with van der Waals surface area (Å²) >= 11 is 0. The molecular formula is C6H10N4O2S. The highest BCUT2D eigenvalue weighted by atomic mass is 32.2. The van der Waals surface area contributed by atoms with Gasteiger partial charge in [-0.2, -0.15) is 27.6 Å². The largest absolute Gasteiger partial charge is 0.283 e. The smallest absolute Gasteiger partial charge is 0.197 e. The Morgan fingerprint density at radius 3 is 1.77 bits per heavy atom. The Hall–Kier alpha value is -1.15. The van der Waals surface area contributed by atoms with E-state index in [1.54, 1.807) is 12.1 Å². The van der Waals surface area contributed by atoms with E-state index in [0.29, 0.717) is 0 Å². The van der Waals surface area contributed by atoms with Crippen molar-refractivity contribution in [1.29, 1.82) is 10.5 Å². The first-order chi connectivity index (χ1) is 5.96. The molecule has 0 N–H and O–H groups in total. The summed E-state index contributed by atoms with van der Waals surface area (Å²) in [6, 6.07) is 3.37. The van der Waals surface area contributed by atoms with Gasteiger partial charge in [-0.15, -0.1) is 0 Å². The zero-order valence-electron chi connectivity index (χ0n) is 7.43. The summed E-state index contributed by atoms with van der Waals surface area (Å²) in [6.45, 7) is -0.623. The molecule has 0 unspecified atom stereocenters. The molecule has 0 heterocycles. The van der Waals surface area contributed by atoms with Crippen molar-refractivity contribution in [3.8, 4) is 12.1 Å². The SMILES string of the molecule is CN(C)S(=O)(=O)N(CC#N)CC#N. The summed E-state index contributed by atoms with van der Waals surface area (Å²) in [6.07, 6.45) is 0. The molecule has 7 heteroatoms. The van der Waals surface area contributed by atoms with Gasteiger partial charge in [-0.05, 0) is 0 Å². The van der Waals surface area contributed by atoms with Crippen molar-refractivity contribution in [2.75, 3.05) is 27.2 Å². The normalized spacial score (nSPS) is 11.2. The lowest BCUT2D eigenvalue weighted by Gasteiger charge is -2.20. The van der Waals surface area contributed by atoms with Gasteiger partial charge in [0.15, 0.2) is 0 Å². The maximum absolute atomic E-state index is 11.4. The van der Waals surface area contributed by atoms with Crippen LogP contribution in [0.1, 0.15) is 0 Å². The average Bonchev–Trinajstić information content (AvgIpc) is 2.03. The van der Waals surface area contributed by atoms with Crippen LogP contribution in [0.4, 0.5) is 0 Å². The van der Waals surface area contributed by atoms with Gasteiger partial charge in [-0.25, -0.2) is 0 Å². The fraction of sp³-hybridized carbons (Fsp3) is 0.667. The van der Waals surface area contributed by atoms with Crippen LogP contribution in [0.15, 0.2) is 0 Å². The van der Waals surface area contributed by atoms with E-state index in [4.69, 9.17) is 10.5 Å². The molecule has 6 nitrogen and oxygen atoms in total. The molecule has 0 aliphatic heterocycles. The fourth-order valence-electron chi connectivity index (χ4n) is 0.608. The van der Waals surface area contributed by atoms with Gasteiger partial charge < -0.3 is 0 Å². The zero-order valence-corrected chi connectivity index (χ0v) is 8.24. The Morgan fingerprint density at radius 1 is 1.15 bits per heavy atom. The van der Waals surface area contributed by atoms with Gasteiger partial charge in [0.25, 0.3) is 10.2 Å². The summed E-state index contributed by atoms with van der Waals surface area (Å²) in [5.41, 5.74) is 0. The second kappa shape index (κ2) is 4.77. The highest BCUT2D eigenvalue weighted by Gasteiger charge is 2.23. The second-order valence-electron chi connectivity index (χ2n) is 2.37. The van der Waals surface area contributed by atoms with Crippen LogP contribution < -0.4 is 0 Å². The first kappa shape index (κ1) is 11.8. The fourth-order valence-corrected chi connectivity index (χ4v) is 1.51. The zero-order chi connectivity index (χ0) is 10.5. The number of rotatable bonds is 4. The minimum atomic E-state index is -3.64. The average molecular weight is 202 g/mol. The predicted octanol–water partition coefficient (Wildman–Crippen LogP) is -0.858. The Kier molecular flexibility index (Phi) is 4.35. The van der Waals surface area contributed by atoms with Crippen molar-refractivity contribution in [2.45, 2.75) is 0 Å². The molecule has 0 bridgehead atoms. The van der Waals surface area contributed by atoms with Gasteiger partial charge in [0.1, 0.15) is 13.1 Å². The van der Waals surface area contributed by atoms with E-state index < -0.39 is 10.2 Å². The molecule has 0 radical (unpaired) electrons. The minimum absolute atomic E-state index is 0.311. The lowest BCUT2D eigenvalue weighted by molar-refractivity contribution is 0.423. The van der Waals surface area contributed by atoms with Crippen LogP contribution in [0.5, 0.6) is 0 Å². The summed E-state index contributed by atoms with van der Waals surface area (Å²) in [4.78, 5) is 0. The lowest BCUT2D eigenvalue weighted by atomic mass is 10.6. The Bertz CT molecular complexity index is 319. The highest BCUT2D eigenvalue weighted by molar-refractivity contribution is 7.86. The van der Waals surface area contributed by atoms with E-state index in [-0.39, 0.29) is 13.1 Å². The summed E-state index contributed by atoms with van der Waals surface area (Å²) < 4.78 is 24.5. The monoisotopic (exact) mass is 202 g/mol. The maximum Gasteiger partial charge on any atom is 0.283 e. The van der Waals surface area contributed by atoms with E-state index >= 15 is 0 Å².